The zero-order chi connectivity index (χ0) is 12.4. The van der Waals surface area contributed by atoms with Crippen LogP contribution in [0, 0.1) is 17.8 Å². The summed E-state index contributed by atoms with van der Waals surface area (Å²) in [6, 6.07) is 0. The van der Waals surface area contributed by atoms with Gasteiger partial charge < -0.3 is 9.80 Å². The number of hydrogen-bond donors (Lipinski definition) is 0. The summed E-state index contributed by atoms with van der Waals surface area (Å²) in [6.45, 7) is 1.000. The highest BCUT2D eigenvalue weighted by Crippen LogP contribution is 2.49. The summed E-state index contributed by atoms with van der Waals surface area (Å²) in [5.41, 5.74) is 0. The molecule has 2 saturated carbocycles. The minimum absolute atomic E-state index is 0. The lowest BCUT2D eigenvalue weighted by molar-refractivity contribution is 0.317. The molecule has 0 radical (unpaired) electrons. The van der Waals surface area contributed by atoms with Crippen molar-refractivity contribution in [1.82, 2.24) is 9.80 Å². The molecule has 0 aromatic rings. The van der Waals surface area contributed by atoms with Gasteiger partial charge in [0.05, 0.1) is 0 Å². The highest BCUT2D eigenvalue weighted by molar-refractivity contribution is 14.0. The summed E-state index contributed by atoms with van der Waals surface area (Å²) >= 11 is 0. The first-order valence-electron chi connectivity index (χ1n) is 6.97. The van der Waals surface area contributed by atoms with Gasteiger partial charge in [0, 0.05) is 34.7 Å². The van der Waals surface area contributed by atoms with Gasteiger partial charge in [0.15, 0.2) is 5.96 Å². The van der Waals surface area contributed by atoms with E-state index in [2.05, 4.69) is 38.0 Å². The molecule has 106 valence electrons. The van der Waals surface area contributed by atoms with Crippen molar-refractivity contribution in [2.75, 3.05) is 34.7 Å². The van der Waals surface area contributed by atoms with Crippen molar-refractivity contribution in [1.29, 1.82) is 0 Å². The molecule has 0 N–H and O–H groups in total. The van der Waals surface area contributed by atoms with E-state index >= 15 is 0 Å². The Kier molecular flexibility index (Phi) is 6.21. The Morgan fingerprint density at radius 1 is 1.06 bits per heavy atom. The lowest BCUT2D eigenvalue weighted by atomic mass is 9.86. The predicted molar refractivity (Wildman–Crippen MR) is 88.6 cm³/mol. The standard InChI is InChI=1S/C14H27N3.HI/c1-16(2)14(17(3)4)15-8-7-13-10-11-5-6-12(13)9-11;/h11-13H,5-10H2,1-4H3;1H. The van der Waals surface area contributed by atoms with E-state index in [1.54, 1.807) is 0 Å². The fourth-order valence-corrected chi connectivity index (χ4v) is 3.74. The maximum atomic E-state index is 4.74. The van der Waals surface area contributed by atoms with Gasteiger partial charge in [-0.05, 0) is 43.4 Å². The average Bonchev–Trinajstić information content (AvgIpc) is 2.84. The third-order valence-corrected chi connectivity index (χ3v) is 4.44. The molecule has 18 heavy (non-hydrogen) atoms. The Bertz CT molecular complexity index is 279. The SMILES string of the molecule is CN(C)C(=NCCC1CC2CCC1C2)N(C)C.I. The van der Waals surface area contributed by atoms with Crippen LogP contribution in [0.25, 0.3) is 0 Å². The molecule has 0 heterocycles. The van der Waals surface area contributed by atoms with Gasteiger partial charge in [-0.3, -0.25) is 4.99 Å². The first-order chi connectivity index (χ1) is 8.08. The lowest BCUT2D eigenvalue weighted by Gasteiger charge is -2.24. The van der Waals surface area contributed by atoms with Crippen LogP contribution in [0.4, 0.5) is 0 Å². The van der Waals surface area contributed by atoms with Crippen molar-refractivity contribution in [3.05, 3.63) is 0 Å². The molecule has 4 heteroatoms. The smallest absolute Gasteiger partial charge is 0.195 e. The number of hydrogen-bond acceptors (Lipinski definition) is 1. The molecule has 3 atom stereocenters. The molecule has 2 aliphatic rings. The second-order valence-corrected chi connectivity index (χ2v) is 6.19. The fraction of sp³-hybridized carbons (Fsp3) is 0.929. The number of nitrogens with zero attached hydrogens (tertiary/aromatic N) is 3. The number of aliphatic imine (C=N–C) groups is 1. The molecule has 0 aromatic heterocycles. The number of rotatable bonds is 3. The second kappa shape index (κ2) is 6.96. The van der Waals surface area contributed by atoms with E-state index in [1.165, 1.54) is 32.1 Å². The monoisotopic (exact) mass is 365 g/mol. The third kappa shape index (κ3) is 3.75. The van der Waals surface area contributed by atoms with Crippen LogP contribution in [0.1, 0.15) is 32.1 Å². The van der Waals surface area contributed by atoms with Gasteiger partial charge in [-0.15, -0.1) is 24.0 Å². The van der Waals surface area contributed by atoms with Crippen molar-refractivity contribution in [2.45, 2.75) is 32.1 Å². The fourth-order valence-electron chi connectivity index (χ4n) is 3.74. The van der Waals surface area contributed by atoms with Crippen LogP contribution in [-0.4, -0.2) is 50.5 Å². The molecule has 0 saturated heterocycles. The van der Waals surface area contributed by atoms with E-state index in [1.807, 2.05) is 0 Å². The van der Waals surface area contributed by atoms with Crippen LogP contribution in [0.3, 0.4) is 0 Å². The summed E-state index contributed by atoms with van der Waals surface area (Å²) < 4.78 is 0. The van der Waals surface area contributed by atoms with Crippen molar-refractivity contribution in [3.63, 3.8) is 0 Å². The van der Waals surface area contributed by atoms with Crippen LogP contribution in [0.5, 0.6) is 0 Å². The molecule has 2 aliphatic carbocycles. The van der Waals surface area contributed by atoms with Crippen molar-refractivity contribution in [2.24, 2.45) is 22.7 Å². The van der Waals surface area contributed by atoms with E-state index in [4.69, 9.17) is 4.99 Å². The third-order valence-electron chi connectivity index (χ3n) is 4.44. The molecule has 3 unspecified atom stereocenters. The molecule has 0 aliphatic heterocycles. The Labute approximate surface area is 129 Å². The van der Waals surface area contributed by atoms with Crippen LogP contribution in [0.15, 0.2) is 4.99 Å². The molecule has 3 nitrogen and oxygen atoms in total. The highest BCUT2D eigenvalue weighted by atomic mass is 127. The molecular weight excluding hydrogens is 337 g/mol. The zero-order valence-corrected chi connectivity index (χ0v) is 14.6. The maximum Gasteiger partial charge on any atom is 0.195 e. The minimum atomic E-state index is 0. The van der Waals surface area contributed by atoms with Crippen LogP contribution < -0.4 is 0 Å². The minimum Gasteiger partial charge on any atom is -0.349 e. The molecule has 0 aromatic carbocycles. The zero-order valence-electron chi connectivity index (χ0n) is 12.2. The Morgan fingerprint density at radius 2 is 1.72 bits per heavy atom. The van der Waals surface area contributed by atoms with Gasteiger partial charge in [0.1, 0.15) is 0 Å². The van der Waals surface area contributed by atoms with Gasteiger partial charge in [-0.2, -0.15) is 0 Å². The van der Waals surface area contributed by atoms with E-state index in [9.17, 15) is 0 Å². The van der Waals surface area contributed by atoms with Crippen molar-refractivity contribution in [3.8, 4) is 0 Å². The Balaban J connectivity index is 0.00000162. The largest absolute Gasteiger partial charge is 0.349 e. The normalized spacial score (nSPS) is 28.8. The quantitative estimate of drug-likeness (QED) is 0.435. The molecule has 0 amide bonds. The average molecular weight is 365 g/mol. The van der Waals surface area contributed by atoms with E-state index < -0.39 is 0 Å². The van der Waals surface area contributed by atoms with E-state index in [0.29, 0.717) is 0 Å². The summed E-state index contributed by atoms with van der Waals surface area (Å²) in [4.78, 5) is 8.93. The molecule has 0 spiro atoms. The summed E-state index contributed by atoms with van der Waals surface area (Å²) in [6.07, 6.45) is 7.30. The molecule has 2 rings (SSSR count). The van der Waals surface area contributed by atoms with Gasteiger partial charge in [0.25, 0.3) is 0 Å². The maximum absolute atomic E-state index is 4.74. The van der Waals surface area contributed by atoms with Gasteiger partial charge >= 0.3 is 0 Å². The first kappa shape index (κ1) is 16.1. The Morgan fingerprint density at radius 3 is 2.17 bits per heavy atom. The van der Waals surface area contributed by atoms with Crippen LogP contribution in [-0.2, 0) is 0 Å². The summed E-state index contributed by atoms with van der Waals surface area (Å²) in [5, 5.41) is 0. The van der Waals surface area contributed by atoms with E-state index in [0.717, 1.165) is 30.3 Å². The van der Waals surface area contributed by atoms with Crippen molar-refractivity contribution < 1.29 is 0 Å². The van der Waals surface area contributed by atoms with Gasteiger partial charge in [0.2, 0.25) is 0 Å². The van der Waals surface area contributed by atoms with Crippen LogP contribution >= 0.6 is 24.0 Å². The van der Waals surface area contributed by atoms with Gasteiger partial charge in [-0.25, -0.2) is 0 Å². The second-order valence-electron chi connectivity index (χ2n) is 6.19. The van der Waals surface area contributed by atoms with Crippen molar-refractivity contribution >= 4 is 29.9 Å². The molecule has 2 bridgehead atoms. The molecule has 2 fully saturated rings. The number of guanidine groups is 1. The predicted octanol–water partition coefficient (Wildman–Crippen LogP) is 2.91. The topological polar surface area (TPSA) is 18.8 Å². The summed E-state index contributed by atoms with van der Waals surface area (Å²) in [5.74, 6) is 4.17. The Hall–Kier alpha value is 0. The highest BCUT2D eigenvalue weighted by Gasteiger charge is 2.38. The lowest BCUT2D eigenvalue weighted by Crippen LogP contribution is -2.35. The van der Waals surface area contributed by atoms with Gasteiger partial charge in [-0.1, -0.05) is 6.42 Å². The number of fused-ring (bicyclic) bond motifs is 2. The van der Waals surface area contributed by atoms with E-state index in [-0.39, 0.29) is 24.0 Å². The first-order valence-corrected chi connectivity index (χ1v) is 6.97. The number of halogens is 1. The van der Waals surface area contributed by atoms with Crippen LogP contribution in [0.2, 0.25) is 0 Å². The molecular formula is C14H28IN3. The summed E-state index contributed by atoms with van der Waals surface area (Å²) in [7, 11) is 8.26.